The molecule has 1 atom stereocenters. The summed E-state index contributed by atoms with van der Waals surface area (Å²) in [6.07, 6.45) is 0. The average Bonchev–Trinajstić information content (AvgIpc) is 2.83. The summed E-state index contributed by atoms with van der Waals surface area (Å²) in [6, 6.07) is 10.1. The fourth-order valence-corrected chi connectivity index (χ4v) is 3.61. The van der Waals surface area contributed by atoms with Gasteiger partial charge in [0.2, 0.25) is 0 Å². The van der Waals surface area contributed by atoms with Crippen LogP contribution >= 0.6 is 27.3 Å². The second kappa shape index (κ2) is 4.98. The lowest BCUT2D eigenvalue weighted by atomic mass is 10.1. The third-order valence-electron chi connectivity index (χ3n) is 2.94. The highest BCUT2D eigenvalue weighted by Crippen LogP contribution is 2.38. The highest BCUT2D eigenvalue weighted by Gasteiger charge is 2.19. The molecule has 1 aliphatic rings. The number of benzene rings is 1. The number of hydrogen-bond donors (Lipinski definition) is 1. The Morgan fingerprint density at radius 3 is 2.95 bits per heavy atom. The van der Waals surface area contributed by atoms with E-state index in [4.69, 9.17) is 4.74 Å². The minimum absolute atomic E-state index is 0.0915. The summed E-state index contributed by atoms with van der Waals surface area (Å²) in [7, 11) is 0. The van der Waals surface area contributed by atoms with Gasteiger partial charge in [-0.2, -0.15) is 0 Å². The zero-order valence-electron chi connectivity index (χ0n) is 10.3. The molecular formula is C14H12BrNO2S. The Kier molecular flexibility index (Phi) is 3.33. The van der Waals surface area contributed by atoms with Crippen molar-refractivity contribution in [2.24, 2.45) is 0 Å². The summed E-state index contributed by atoms with van der Waals surface area (Å²) < 4.78 is 5.36. The Balaban J connectivity index is 1.93. The highest BCUT2D eigenvalue weighted by molar-refractivity contribution is 9.09. The number of aryl methyl sites for hydroxylation is 1. The Bertz CT molecular complexity index is 638. The second-order valence-electron chi connectivity index (χ2n) is 4.40. The van der Waals surface area contributed by atoms with E-state index in [0.717, 1.165) is 17.0 Å². The summed E-state index contributed by atoms with van der Waals surface area (Å²) in [5, 5.41) is 2.83. The molecule has 0 fully saturated rings. The van der Waals surface area contributed by atoms with Crippen molar-refractivity contribution in [2.75, 3.05) is 11.9 Å². The molecule has 3 nitrogen and oxygen atoms in total. The molecule has 0 saturated heterocycles. The molecule has 1 aromatic carbocycles. The van der Waals surface area contributed by atoms with Crippen LogP contribution < -0.4 is 10.1 Å². The van der Waals surface area contributed by atoms with Gasteiger partial charge in [-0.15, -0.1) is 11.3 Å². The Morgan fingerprint density at radius 2 is 2.21 bits per heavy atom. The van der Waals surface area contributed by atoms with Crippen molar-refractivity contribution in [3.8, 4) is 5.75 Å². The lowest BCUT2D eigenvalue weighted by Crippen LogP contribution is -2.25. The van der Waals surface area contributed by atoms with Crippen molar-refractivity contribution in [3.05, 3.63) is 45.6 Å². The molecule has 2 heterocycles. The van der Waals surface area contributed by atoms with E-state index in [2.05, 4.69) is 40.3 Å². The van der Waals surface area contributed by atoms with Crippen molar-refractivity contribution < 1.29 is 9.53 Å². The molecule has 1 unspecified atom stereocenters. The Hall–Kier alpha value is -1.33. The predicted molar refractivity (Wildman–Crippen MR) is 80.4 cm³/mol. The number of carbonyl (C=O) groups excluding carboxylic acids is 1. The van der Waals surface area contributed by atoms with Crippen molar-refractivity contribution >= 4 is 38.9 Å². The van der Waals surface area contributed by atoms with Gasteiger partial charge >= 0.3 is 0 Å². The molecular weight excluding hydrogens is 326 g/mol. The predicted octanol–water partition coefficient (Wildman–Crippen LogP) is 3.87. The van der Waals surface area contributed by atoms with Gasteiger partial charge in [-0.25, -0.2) is 0 Å². The van der Waals surface area contributed by atoms with Gasteiger partial charge in [0.1, 0.15) is 5.75 Å². The molecule has 0 aliphatic carbocycles. The van der Waals surface area contributed by atoms with Crippen LogP contribution in [0.1, 0.15) is 20.1 Å². The first-order valence-electron chi connectivity index (χ1n) is 5.90. The van der Waals surface area contributed by atoms with Crippen molar-refractivity contribution in [1.82, 2.24) is 0 Å². The van der Waals surface area contributed by atoms with Gasteiger partial charge in [0.05, 0.1) is 10.5 Å². The van der Waals surface area contributed by atoms with E-state index in [1.54, 1.807) is 11.3 Å². The smallest absolute Gasteiger partial charge is 0.262 e. The van der Waals surface area contributed by atoms with Crippen molar-refractivity contribution in [2.45, 2.75) is 11.8 Å². The maximum atomic E-state index is 11.3. The van der Waals surface area contributed by atoms with E-state index < -0.39 is 0 Å². The van der Waals surface area contributed by atoms with Crippen LogP contribution in [0.4, 0.5) is 5.69 Å². The minimum Gasteiger partial charge on any atom is -0.482 e. The summed E-state index contributed by atoms with van der Waals surface area (Å²) in [4.78, 5) is 14.0. The summed E-state index contributed by atoms with van der Waals surface area (Å²) in [5.41, 5.74) is 1.85. The molecule has 1 N–H and O–H groups in total. The number of thiophene rings is 1. The van der Waals surface area contributed by atoms with Gasteiger partial charge in [0.15, 0.2) is 6.61 Å². The molecule has 0 bridgehead atoms. The topological polar surface area (TPSA) is 38.3 Å². The van der Waals surface area contributed by atoms with Crippen LogP contribution in [-0.2, 0) is 4.79 Å². The quantitative estimate of drug-likeness (QED) is 0.844. The first-order valence-corrected chi connectivity index (χ1v) is 7.64. The van der Waals surface area contributed by atoms with Crippen molar-refractivity contribution in [1.29, 1.82) is 0 Å². The van der Waals surface area contributed by atoms with Crippen LogP contribution in [0.3, 0.4) is 0 Å². The molecule has 2 aromatic rings. The number of hydrogen-bond acceptors (Lipinski definition) is 3. The third kappa shape index (κ3) is 2.53. The van der Waals surface area contributed by atoms with E-state index in [9.17, 15) is 4.79 Å². The number of anilines is 1. The largest absolute Gasteiger partial charge is 0.482 e. The monoisotopic (exact) mass is 337 g/mol. The van der Waals surface area contributed by atoms with Gasteiger partial charge < -0.3 is 10.1 Å². The van der Waals surface area contributed by atoms with E-state index in [0.29, 0.717) is 0 Å². The molecule has 1 aliphatic heterocycles. The van der Waals surface area contributed by atoms with Gasteiger partial charge in [0.25, 0.3) is 5.91 Å². The van der Waals surface area contributed by atoms with Crippen LogP contribution in [0.2, 0.25) is 0 Å². The van der Waals surface area contributed by atoms with E-state index >= 15 is 0 Å². The van der Waals surface area contributed by atoms with Crippen LogP contribution in [0.25, 0.3) is 0 Å². The van der Waals surface area contributed by atoms with E-state index in [1.165, 1.54) is 9.75 Å². The van der Waals surface area contributed by atoms with Gasteiger partial charge in [0, 0.05) is 9.75 Å². The summed E-state index contributed by atoms with van der Waals surface area (Å²) >= 11 is 5.47. The van der Waals surface area contributed by atoms with E-state index in [1.807, 2.05) is 18.2 Å². The minimum atomic E-state index is -0.109. The van der Waals surface area contributed by atoms with Crippen LogP contribution in [0.5, 0.6) is 5.75 Å². The van der Waals surface area contributed by atoms with Crippen LogP contribution in [-0.4, -0.2) is 12.5 Å². The molecule has 1 amide bonds. The maximum absolute atomic E-state index is 11.3. The van der Waals surface area contributed by atoms with Gasteiger partial charge in [-0.05, 0) is 36.8 Å². The highest BCUT2D eigenvalue weighted by atomic mass is 79.9. The molecule has 19 heavy (non-hydrogen) atoms. The molecule has 1 aromatic heterocycles. The first-order chi connectivity index (χ1) is 9.13. The summed E-state index contributed by atoms with van der Waals surface area (Å²) in [6.45, 7) is 2.18. The Morgan fingerprint density at radius 1 is 1.37 bits per heavy atom. The zero-order valence-corrected chi connectivity index (χ0v) is 12.7. The number of rotatable bonds is 2. The normalized spacial score (nSPS) is 15.4. The van der Waals surface area contributed by atoms with Crippen LogP contribution in [0.15, 0.2) is 30.3 Å². The standard InChI is InChI=1S/C14H12BrNO2S/c1-8-2-5-12(19-8)14(15)9-3-4-11-10(6-9)16-13(17)7-18-11/h2-6,14H,7H2,1H3,(H,16,17). The first kappa shape index (κ1) is 12.7. The summed E-state index contributed by atoms with van der Waals surface area (Å²) in [5.74, 6) is 0.619. The van der Waals surface area contributed by atoms with Gasteiger partial charge in [-0.1, -0.05) is 22.0 Å². The van der Waals surface area contributed by atoms with Crippen molar-refractivity contribution in [3.63, 3.8) is 0 Å². The average molecular weight is 338 g/mol. The van der Waals surface area contributed by atoms with Gasteiger partial charge in [-0.3, -0.25) is 4.79 Å². The van der Waals surface area contributed by atoms with Crippen LogP contribution in [0, 0.1) is 6.92 Å². The number of fused-ring (bicyclic) bond motifs is 1. The molecule has 3 rings (SSSR count). The number of halogens is 1. The zero-order chi connectivity index (χ0) is 13.4. The Labute approximate surface area is 123 Å². The lowest BCUT2D eigenvalue weighted by Gasteiger charge is -2.19. The molecule has 0 radical (unpaired) electrons. The molecule has 98 valence electrons. The SMILES string of the molecule is Cc1ccc(C(Br)c2ccc3c(c2)NC(=O)CO3)s1. The maximum Gasteiger partial charge on any atom is 0.262 e. The second-order valence-corrected chi connectivity index (χ2v) is 6.64. The fourth-order valence-electron chi connectivity index (χ4n) is 2.01. The lowest BCUT2D eigenvalue weighted by molar-refractivity contribution is -0.118. The molecule has 5 heteroatoms. The number of carbonyl (C=O) groups is 1. The third-order valence-corrected chi connectivity index (χ3v) is 5.33. The molecule has 0 saturated carbocycles. The number of amides is 1. The number of alkyl halides is 1. The molecule has 0 spiro atoms. The van der Waals surface area contributed by atoms with E-state index in [-0.39, 0.29) is 17.3 Å². The fraction of sp³-hybridized carbons (Fsp3) is 0.214. The number of nitrogens with one attached hydrogen (secondary N) is 1. The number of ether oxygens (including phenoxy) is 1.